The Bertz CT molecular complexity index is 1630. The van der Waals surface area contributed by atoms with Gasteiger partial charge in [0, 0.05) is 54.4 Å². The molecule has 216 valence electrons. The Morgan fingerprint density at radius 2 is 1.69 bits per heavy atom. The van der Waals surface area contributed by atoms with Gasteiger partial charge in [-0.1, -0.05) is 36.4 Å². The van der Waals surface area contributed by atoms with Gasteiger partial charge >= 0.3 is 5.97 Å². The normalized spacial score (nSPS) is 19.3. The molecule has 2 unspecified atom stereocenters. The molecule has 42 heavy (non-hydrogen) atoms. The SMILES string of the molecule is COC(=O)c1ccc2c(C(=Nc3ccc(N(C)C(=O)CN4C5CCC4CN(C)C5)cc3)c3ccccc3)c(O)[nH]c2c1. The zero-order valence-corrected chi connectivity index (χ0v) is 24.1. The van der Waals surface area contributed by atoms with Crippen LogP contribution < -0.4 is 4.90 Å². The number of ether oxygens (including phenoxy) is 1. The Balaban J connectivity index is 1.28. The molecule has 2 atom stereocenters. The number of nitrogens with one attached hydrogen (secondary N) is 1. The molecule has 4 aromatic rings. The number of carbonyl (C=O) groups is 2. The van der Waals surface area contributed by atoms with Crippen LogP contribution in [0.15, 0.2) is 77.8 Å². The molecule has 1 aromatic heterocycles. The summed E-state index contributed by atoms with van der Waals surface area (Å²) in [4.78, 5) is 39.7. The number of benzene rings is 3. The van der Waals surface area contributed by atoms with Crippen molar-refractivity contribution >= 4 is 39.9 Å². The van der Waals surface area contributed by atoms with Gasteiger partial charge in [0.25, 0.3) is 0 Å². The lowest BCUT2D eigenvalue weighted by Gasteiger charge is -2.39. The number of carbonyl (C=O) groups excluding carboxylic acids is 2. The third-order valence-corrected chi connectivity index (χ3v) is 8.47. The molecule has 2 saturated heterocycles. The maximum Gasteiger partial charge on any atom is 0.337 e. The predicted molar refractivity (Wildman–Crippen MR) is 164 cm³/mol. The highest BCUT2D eigenvalue weighted by molar-refractivity contribution is 6.22. The van der Waals surface area contributed by atoms with Crippen LogP contribution in [0, 0.1) is 0 Å². The molecular weight excluding hydrogens is 530 g/mol. The van der Waals surface area contributed by atoms with Gasteiger partial charge in [-0.3, -0.25) is 9.69 Å². The van der Waals surface area contributed by atoms with Gasteiger partial charge in [0.1, 0.15) is 0 Å². The quantitative estimate of drug-likeness (QED) is 0.252. The van der Waals surface area contributed by atoms with Crippen LogP contribution in [-0.4, -0.2) is 90.4 Å². The Morgan fingerprint density at radius 3 is 2.36 bits per heavy atom. The van der Waals surface area contributed by atoms with E-state index in [0.717, 1.165) is 42.6 Å². The van der Waals surface area contributed by atoms with Crippen LogP contribution in [0.5, 0.6) is 5.88 Å². The van der Waals surface area contributed by atoms with Crippen LogP contribution in [0.25, 0.3) is 10.9 Å². The molecule has 2 fully saturated rings. The van der Waals surface area contributed by atoms with Crippen LogP contribution >= 0.6 is 0 Å². The van der Waals surface area contributed by atoms with Gasteiger partial charge in [-0.05, 0) is 56.3 Å². The number of aromatic nitrogens is 1. The summed E-state index contributed by atoms with van der Waals surface area (Å²) in [6.45, 7) is 2.46. The minimum absolute atomic E-state index is 0.0468. The molecule has 2 aliphatic rings. The molecule has 2 N–H and O–H groups in total. The molecule has 9 heteroatoms. The van der Waals surface area contributed by atoms with E-state index < -0.39 is 5.97 Å². The number of rotatable bonds is 7. The summed E-state index contributed by atoms with van der Waals surface area (Å²) in [7, 11) is 5.31. The lowest BCUT2D eigenvalue weighted by Crippen LogP contribution is -2.55. The van der Waals surface area contributed by atoms with Gasteiger partial charge in [-0.25, -0.2) is 9.79 Å². The minimum Gasteiger partial charge on any atom is -0.494 e. The van der Waals surface area contributed by atoms with E-state index in [4.69, 9.17) is 9.73 Å². The number of fused-ring (bicyclic) bond motifs is 3. The molecular formula is C33H35N5O4. The lowest BCUT2D eigenvalue weighted by molar-refractivity contribution is -0.120. The van der Waals surface area contributed by atoms with Crippen molar-refractivity contribution in [3.63, 3.8) is 0 Å². The third kappa shape index (κ3) is 5.29. The van der Waals surface area contributed by atoms with E-state index >= 15 is 0 Å². The van der Waals surface area contributed by atoms with Gasteiger partial charge in [0.2, 0.25) is 5.91 Å². The third-order valence-electron chi connectivity index (χ3n) is 8.47. The molecule has 3 aromatic carbocycles. The molecule has 0 saturated carbocycles. The fourth-order valence-corrected chi connectivity index (χ4v) is 6.27. The molecule has 2 bridgehead atoms. The number of amides is 1. The number of piperazine rings is 1. The number of H-pyrrole nitrogens is 1. The van der Waals surface area contributed by atoms with Crippen molar-refractivity contribution in [2.45, 2.75) is 24.9 Å². The molecule has 0 aliphatic carbocycles. The van der Waals surface area contributed by atoms with Crippen molar-refractivity contribution in [2.24, 2.45) is 4.99 Å². The number of likely N-dealkylation sites (N-methyl/N-ethyl adjacent to an activating group) is 2. The van der Waals surface area contributed by atoms with Crippen molar-refractivity contribution in [1.29, 1.82) is 0 Å². The number of hydrogen-bond donors (Lipinski definition) is 2. The van der Waals surface area contributed by atoms with Crippen LogP contribution in [0.3, 0.4) is 0 Å². The number of nitrogens with zero attached hydrogens (tertiary/aromatic N) is 4. The first-order chi connectivity index (χ1) is 20.3. The van der Waals surface area contributed by atoms with Crippen molar-refractivity contribution in [3.05, 3.63) is 89.5 Å². The Labute approximate surface area is 245 Å². The topological polar surface area (TPSA) is 101 Å². The summed E-state index contributed by atoms with van der Waals surface area (Å²) in [5.41, 5.74) is 4.38. The summed E-state index contributed by atoms with van der Waals surface area (Å²) in [6.07, 6.45) is 2.31. The first-order valence-corrected chi connectivity index (χ1v) is 14.2. The largest absolute Gasteiger partial charge is 0.494 e. The van der Waals surface area contributed by atoms with E-state index in [0.29, 0.717) is 46.7 Å². The molecule has 9 nitrogen and oxygen atoms in total. The predicted octanol–water partition coefficient (Wildman–Crippen LogP) is 4.57. The number of likely N-dealkylation sites (tertiary alicyclic amines) is 1. The van der Waals surface area contributed by atoms with Crippen LogP contribution in [0.2, 0.25) is 0 Å². The first-order valence-electron chi connectivity index (χ1n) is 14.2. The molecule has 2 aliphatic heterocycles. The highest BCUT2D eigenvalue weighted by atomic mass is 16.5. The second-order valence-electron chi connectivity index (χ2n) is 11.2. The summed E-state index contributed by atoms with van der Waals surface area (Å²) >= 11 is 0. The van der Waals surface area contributed by atoms with Gasteiger partial charge in [0.15, 0.2) is 5.88 Å². The maximum absolute atomic E-state index is 13.2. The van der Waals surface area contributed by atoms with Crippen LogP contribution in [0.4, 0.5) is 11.4 Å². The average molecular weight is 566 g/mol. The maximum atomic E-state index is 13.2. The van der Waals surface area contributed by atoms with Crippen molar-refractivity contribution in [1.82, 2.24) is 14.8 Å². The summed E-state index contributed by atoms with van der Waals surface area (Å²) in [6, 6.07) is 23.2. The fourth-order valence-electron chi connectivity index (χ4n) is 6.27. The number of anilines is 1. The van der Waals surface area contributed by atoms with E-state index in [-0.39, 0.29) is 11.8 Å². The second-order valence-corrected chi connectivity index (χ2v) is 11.2. The van der Waals surface area contributed by atoms with E-state index in [2.05, 4.69) is 21.8 Å². The molecule has 3 heterocycles. The van der Waals surface area contributed by atoms with Gasteiger partial charge < -0.3 is 24.6 Å². The van der Waals surface area contributed by atoms with Crippen molar-refractivity contribution in [3.8, 4) is 5.88 Å². The van der Waals surface area contributed by atoms with E-state index in [9.17, 15) is 14.7 Å². The van der Waals surface area contributed by atoms with Gasteiger partial charge in [-0.15, -0.1) is 0 Å². The first kappa shape index (κ1) is 27.7. The standard InChI is InChI=1S/C33H35N5O4/c1-36-18-25-14-15-26(19-36)38(25)20-29(39)37(2)24-12-10-23(11-13-24)34-31(21-7-5-4-6-8-21)30-27-16-9-22(33(41)42-3)17-28(27)35-32(30)40/h4-13,16-17,25-26,35,40H,14-15,18-20H2,1-3H3. The summed E-state index contributed by atoms with van der Waals surface area (Å²) in [5.74, 6) is -0.425. The smallest absolute Gasteiger partial charge is 0.337 e. The Morgan fingerprint density at radius 1 is 1.00 bits per heavy atom. The van der Waals surface area contributed by atoms with Gasteiger partial charge in [0.05, 0.1) is 36.2 Å². The average Bonchev–Trinajstić information content (AvgIpc) is 3.45. The van der Waals surface area contributed by atoms with E-state index in [1.54, 1.807) is 23.1 Å². The highest BCUT2D eigenvalue weighted by Gasteiger charge is 2.39. The number of hydrogen-bond acceptors (Lipinski definition) is 7. The number of esters is 1. The number of methoxy groups -OCH3 is 1. The monoisotopic (exact) mass is 565 g/mol. The van der Waals surface area contributed by atoms with E-state index in [1.807, 2.05) is 61.6 Å². The van der Waals surface area contributed by atoms with Crippen LogP contribution in [-0.2, 0) is 9.53 Å². The number of aromatic amines is 1. The number of aliphatic imine (C=N–C) groups is 1. The minimum atomic E-state index is -0.455. The lowest BCUT2D eigenvalue weighted by atomic mass is 10.00. The van der Waals surface area contributed by atoms with Crippen molar-refractivity contribution < 1.29 is 19.4 Å². The molecule has 1 amide bonds. The summed E-state index contributed by atoms with van der Waals surface area (Å²) in [5, 5.41) is 11.7. The second kappa shape index (κ2) is 11.4. The Hall–Kier alpha value is -4.47. The molecule has 6 rings (SSSR count). The summed E-state index contributed by atoms with van der Waals surface area (Å²) < 4.78 is 4.85. The number of aromatic hydroxyl groups is 1. The molecule has 0 spiro atoms. The van der Waals surface area contributed by atoms with Crippen LogP contribution in [0.1, 0.15) is 34.3 Å². The Kier molecular flexibility index (Phi) is 7.53. The van der Waals surface area contributed by atoms with E-state index in [1.165, 1.54) is 7.11 Å². The van der Waals surface area contributed by atoms with Crippen molar-refractivity contribution in [2.75, 3.05) is 45.7 Å². The molecule has 0 radical (unpaired) electrons. The highest BCUT2D eigenvalue weighted by Crippen LogP contribution is 2.33. The van der Waals surface area contributed by atoms with Gasteiger partial charge in [-0.2, -0.15) is 0 Å². The fraction of sp³-hybridized carbons (Fsp3) is 0.303. The zero-order chi connectivity index (χ0) is 29.4. The zero-order valence-electron chi connectivity index (χ0n) is 24.1.